The summed E-state index contributed by atoms with van der Waals surface area (Å²) in [4.78, 5) is 4.10. The van der Waals surface area contributed by atoms with Crippen molar-refractivity contribution in [1.29, 1.82) is 0 Å². The maximum atomic E-state index is 13.8. The van der Waals surface area contributed by atoms with Crippen molar-refractivity contribution >= 4 is 16.6 Å². The fraction of sp³-hybridized carbons (Fsp3) is 0.357. The average Bonchev–Trinajstić information content (AvgIpc) is 2.34. The maximum absolute atomic E-state index is 13.8. The Morgan fingerprint density at radius 2 is 1.84 bits per heavy atom. The Kier molecular flexibility index (Phi) is 3.64. The number of fused-ring (bicyclic) bond motifs is 1. The molecule has 1 heterocycles. The molecule has 0 unspecified atom stereocenters. The number of nitrogens with zero attached hydrogens (tertiary/aromatic N) is 1. The highest BCUT2D eigenvalue weighted by Gasteiger charge is 2.18. The SMILES string of the molecule is CNc1cc(CC(C)C)nc2c(F)cc(F)c(F)c12. The number of halogens is 3. The molecule has 0 radical (unpaired) electrons. The molecule has 0 spiro atoms. The quantitative estimate of drug-likeness (QED) is 0.854. The summed E-state index contributed by atoms with van der Waals surface area (Å²) in [6, 6.07) is 2.16. The van der Waals surface area contributed by atoms with Gasteiger partial charge in [0.25, 0.3) is 0 Å². The van der Waals surface area contributed by atoms with E-state index in [1.165, 1.54) is 0 Å². The van der Waals surface area contributed by atoms with E-state index in [4.69, 9.17) is 0 Å². The number of benzene rings is 1. The van der Waals surface area contributed by atoms with Crippen LogP contribution >= 0.6 is 0 Å². The first-order chi connectivity index (χ1) is 8.93. The second-order valence-electron chi connectivity index (χ2n) is 4.89. The largest absolute Gasteiger partial charge is 0.387 e. The van der Waals surface area contributed by atoms with Gasteiger partial charge in [-0.3, -0.25) is 0 Å². The Morgan fingerprint density at radius 3 is 2.42 bits per heavy atom. The third kappa shape index (κ3) is 2.50. The normalized spacial score (nSPS) is 11.3. The molecular formula is C14H15F3N2. The number of anilines is 1. The van der Waals surface area contributed by atoms with Crippen molar-refractivity contribution in [2.24, 2.45) is 5.92 Å². The number of hydrogen-bond donors (Lipinski definition) is 1. The average molecular weight is 268 g/mol. The van der Waals surface area contributed by atoms with Gasteiger partial charge in [-0.15, -0.1) is 0 Å². The third-order valence-electron chi connectivity index (χ3n) is 2.87. The second kappa shape index (κ2) is 5.07. The number of rotatable bonds is 3. The summed E-state index contributed by atoms with van der Waals surface area (Å²) in [6.45, 7) is 4.01. The predicted molar refractivity (Wildman–Crippen MR) is 69.7 cm³/mol. The van der Waals surface area contributed by atoms with Crippen molar-refractivity contribution in [1.82, 2.24) is 4.98 Å². The Balaban J connectivity index is 2.77. The Morgan fingerprint density at radius 1 is 1.16 bits per heavy atom. The van der Waals surface area contributed by atoms with Crippen LogP contribution in [0.2, 0.25) is 0 Å². The summed E-state index contributed by atoms with van der Waals surface area (Å²) >= 11 is 0. The highest BCUT2D eigenvalue weighted by molar-refractivity contribution is 5.92. The zero-order chi connectivity index (χ0) is 14.2. The third-order valence-corrected chi connectivity index (χ3v) is 2.87. The van der Waals surface area contributed by atoms with Crippen LogP contribution in [0.15, 0.2) is 12.1 Å². The fourth-order valence-electron chi connectivity index (χ4n) is 2.08. The number of nitrogens with one attached hydrogen (secondary N) is 1. The van der Waals surface area contributed by atoms with E-state index in [2.05, 4.69) is 10.3 Å². The molecule has 2 rings (SSSR count). The molecule has 0 aliphatic rings. The van der Waals surface area contributed by atoms with E-state index < -0.39 is 17.5 Å². The number of hydrogen-bond acceptors (Lipinski definition) is 2. The zero-order valence-electron chi connectivity index (χ0n) is 11.0. The Labute approximate surface area is 109 Å². The van der Waals surface area contributed by atoms with E-state index in [1.807, 2.05) is 13.8 Å². The van der Waals surface area contributed by atoms with Gasteiger partial charge < -0.3 is 5.32 Å². The molecule has 5 heteroatoms. The van der Waals surface area contributed by atoms with E-state index >= 15 is 0 Å². The molecule has 1 N–H and O–H groups in total. The second-order valence-corrected chi connectivity index (χ2v) is 4.89. The van der Waals surface area contributed by atoms with Crippen molar-refractivity contribution in [3.05, 3.63) is 35.3 Å². The smallest absolute Gasteiger partial charge is 0.170 e. The van der Waals surface area contributed by atoms with Crippen molar-refractivity contribution in [3.63, 3.8) is 0 Å². The molecule has 1 aromatic carbocycles. The monoisotopic (exact) mass is 268 g/mol. The van der Waals surface area contributed by atoms with Crippen molar-refractivity contribution in [2.75, 3.05) is 12.4 Å². The Bertz CT molecular complexity index is 624. The summed E-state index contributed by atoms with van der Waals surface area (Å²) in [5.41, 5.74) is 0.856. The molecule has 2 aromatic rings. The molecule has 0 aliphatic heterocycles. The lowest BCUT2D eigenvalue weighted by atomic mass is 10.0. The van der Waals surface area contributed by atoms with Crippen molar-refractivity contribution < 1.29 is 13.2 Å². The van der Waals surface area contributed by atoms with Gasteiger partial charge in [-0.2, -0.15) is 0 Å². The van der Waals surface area contributed by atoms with E-state index in [1.54, 1.807) is 13.1 Å². The summed E-state index contributed by atoms with van der Waals surface area (Å²) in [5.74, 6) is -2.80. The molecule has 0 saturated carbocycles. The Hall–Kier alpha value is -1.78. The topological polar surface area (TPSA) is 24.9 Å². The van der Waals surface area contributed by atoms with Crippen LogP contribution in [0.3, 0.4) is 0 Å². The minimum absolute atomic E-state index is 0.138. The van der Waals surface area contributed by atoms with Gasteiger partial charge in [0, 0.05) is 24.5 Å². The number of aromatic nitrogens is 1. The molecule has 0 amide bonds. The molecule has 0 saturated heterocycles. The van der Waals surface area contributed by atoms with Gasteiger partial charge >= 0.3 is 0 Å². The lowest BCUT2D eigenvalue weighted by molar-refractivity contribution is 0.505. The highest BCUT2D eigenvalue weighted by atomic mass is 19.2. The van der Waals surface area contributed by atoms with Crippen LogP contribution < -0.4 is 5.32 Å². The van der Waals surface area contributed by atoms with Crippen LogP contribution in [0, 0.1) is 23.4 Å². The van der Waals surface area contributed by atoms with Gasteiger partial charge in [0.05, 0.1) is 5.39 Å². The van der Waals surface area contributed by atoms with E-state index in [-0.39, 0.29) is 10.9 Å². The van der Waals surface area contributed by atoms with Gasteiger partial charge in [0.2, 0.25) is 0 Å². The van der Waals surface area contributed by atoms with Crippen LogP contribution in [0.4, 0.5) is 18.9 Å². The summed E-state index contributed by atoms with van der Waals surface area (Å²) in [5, 5.41) is 2.62. The molecular weight excluding hydrogens is 253 g/mol. The molecule has 1 aromatic heterocycles. The van der Waals surface area contributed by atoms with Crippen LogP contribution in [0.25, 0.3) is 10.9 Å². The minimum atomic E-state index is -1.21. The van der Waals surface area contributed by atoms with Crippen LogP contribution in [0.5, 0.6) is 0 Å². The first kappa shape index (κ1) is 13.6. The van der Waals surface area contributed by atoms with E-state index in [0.29, 0.717) is 29.8 Å². The molecule has 102 valence electrons. The van der Waals surface area contributed by atoms with Gasteiger partial charge in [-0.1, -0.05) is 13.8 Å². The van der Waals surface area contributed by atoms with Crippen molar-refractivity contribution in [2.45, 2.75) is 20.3 Å². The van der Waals surface area contributed by atoms with Crippen LogP contribution in [-0.2, 0) is 6.42 Å². The standard InChI is InChI=1S/C14H15F3N2/c1-7(2)4-8-5-11(18-3)12-13(17)9(15)6-10(16)14(12)19-8/h5-7H,4H2,1-3H3,(H,18,19). The first-order valence-corrected chi connectivity index (χ1v) is 6.09. The maximum Gasteiger partial charge on any atom is 0.170 e. The van der Waals surface area contributed by atoms with Gasteiger partial charge in [-0.05, 0) is 18.4 Å². The van der Waals surface area contributed by atoms with Gasteiger partial charge in [-0.25, -0.2) is 18.2 Å². The summed E-state index contributed by atoms with van der Waals surface area (Å²) < 4.78 is 40.8. The fourth-order valence-corrected chi connectivity index (χ4v) is 2.08. The van der Waals surface area contributed by atoms with Crippen molar-refractivity contribution in [3.8, 4) is 0 Å². The number of pyridine rings is 1. The minimum Gasteiger partial charge on any atom is -0.387 e. The van der Waals surface area contributed by atoms with Gasteiger partial charge in [0.15, 0.2) is 17.5 Å². The van der Waals surface area contributed by atoms with E-state index in [9.17, 15) is 13.2 Å². The molecule has 0 bridgehead atoms. The molecule has 0 fully saturated rings. The van der Waals surface area contributed by atoms with Gasteiger partial charge in [0.1, 0.15) is 5.52 Å². The summed E-state index contributed by atoms with van der Waals surface area (Å²) in [6.07, 6.45) is 0.642. The predicted octanol–water partition coefficient (Wildman–Crippen LogP) is 3.89. The molecule has 0 atom stereocenters. The van der Waals surface area contributed by atoms with Crippen LogP contribution in [0.1, 0.15) is 19.5 Å². The summed E-state index contributed by atoms with van der Waals surface area (Å²) in [7, 11) is 1.58. The van der Waals surface area contributed by atoms with Crippen LogP contribution in [-0.4, -0.2) is 12.0 Å². The highest BCUT2D eigenvalue weighted by Crippen LogP contribution is 2.30. The molecule has 0 aliphatic carbocycles. The zero-order valence-corrected chi connectivity index (χ0v) is 11.0. The lowest BCUT2D eigenvalue weighted by Crippen LogP contribution is -2.04. The van der Waals surface area contributed by atoms with E-state index in [0.717, 1.165) is 0 Å². The lowest BCUT2D eigenvalue weighted by Gasteiger charge is -2.12. The molecule has 19 heavy (non-hydrogen) atoms. The first-order valence-electron chi connectivity index (χ1n) is 6.09. The molecule has 2 nitrogen and oxygen atoms in total.